The van der Waals surface area contributed by atoms with Crippen molar-refractivity contribution in [3.63, 3.8) is 0 Å². The Labute approximate surface area is 116 Å². The first kappa shape index (κ1) is 13.0. The van der Waals surface area contributed by atoms with Gasteiger partial charge in [-0.2, -0.15) is 11.3 Å². The van der Waals surface area contributed by atoms with Gasteiger partial charge in [0.15, 0.2) is 5.11 Å². The van der Waals surface area contributed by atoms with Crippen molar-refractivity contribution in [3.8, 4) is 0 Å². The van der Waals surface area contributed by atoms with E-state index in [1.54, 1.807) is 30.3 Å². The van der Waals surface area contributed by atoms with Crippen molar-refractivity contribution in [2.24, 2.45) is 0 Å². The third-order valence-corrected chi connectivity index (χ3v) is 3.70. The van der Waals surface area contributed by atoms with E-state index < -0.39 is 0 Å². The van der Waals surface area contributed by atoms with Crippen LogP contribution in [0.4, 0.5) is 0 Å². The van der Waals surface area contributed by atoms with Gasteiger partial charge in [-0.1, -0.05) is 0 Å². The number of carbonyl (C=O) groups is 1. The summed E-state index contributed by atoms with van der Waals surface area (Å²) in [7, 11) is 3.50. The Morgan fingerprint density at radius 1 is 1.50 bits per heavy atom. The zero-order valence-corrected chi connectivity index (χ0v) is 12.1. The fraction of sp³-hybridized carbons (Fsp3) is 0.333. The summed E-state index contributed by atoms with van der Waals surface area (Å²) in [6.07, 6.45) is 0. The van der Waals surface area contributed by atoms with E-state index in [9.17, 15) is 4.79 Å². The number of likely N-dealkylation sites (N-methyl/N-ethyl adjacent to an activating group) is 1. The van der Waals surface area contributed by atoms with Crippen LogP contribution in [0.25, 0.3) is 0 Å². The molecule has 18 heavy (non-hydrogen) atoms. The first-order chi connectivity index (χ1) is 8.50. The number of thiocarbonyl (C=S) groups is 1. The molecule has 0 radical (unpaired) electrons. The van der Waals surface area contributed by atoms with E-state index >= 15 is 0 Å². The zero-order valence-electron chi connectivity index (χ0n) is 10.5. The van der Waals surface area contributed by atoms with E-state index in [1.807, 2.05) is 23.8 Å². The van der Waals surface area contributed by atoms with Gasteiger partial charge in [-0.3, -0.25) is 4.79 Å². The molecule has 0 aromatic carbocycles. The smallest absolute Gasteiger partial charge is 0.253 e. The molecule has 0 aliphatic carbocycles. The molecule has 1 aliphatic rings. The van der Waals surface area contributed by atoms with Gasteiger partial charge in [0.25, 0.3) is 5.91 Å². The number of rotatable bonds is 2. The molecule has 0 saturated heterocycles. The van der Waals surface area contributed by atoms with Gasteiger partial charge in [-0.25, -0.2) is 0 Å². The Hall–Kier alpha value is -1.40. The van der Waals surface area contributed by atoms with Crippen molar-refractivity contribution in [3.05, 3.63) is 33.7 Å². The van der Waals surface area contributed by atoms with Gasteiger partial charge < -0.3 is 15.5 Å². The molecule has 2 heterocycles. The van der Waals surface area contributed by atoms with Gasteiger partial charge in [-0.05, 0) is 41.5 Å². The molecular formula is C12H15N3OS2. The first-order valence-corrected chi connectivity index (χ1v) is 6.88. The molecule has 0 spiro atoms. The lowest BCUT2D eigenvalue weighted by molar-refractivity contribution is -0.125. The summed E-state index contributed by atoms with van der Waals surface area (Å²) >= 11 is 6.77. The summed E-state index contributed by atoms with van der Waals surface area (Å²) in [5.74, 6) is -0.00815. The number of hydrogen-bond acceptors (Lipinski definition) is 3. The number of nitrogens with zero attached hydrogens (tertiary/aromatic N) is 1. The number of hydrogen-bond donors (Lipinski definition) is 2. The number of thiophene rings is 1. The number of allylic oxidation sites excluding steroid dienone is 1. The van der Waals surface area contributed by atoms with E-state index in [4.69, 9.17) is 12.2 Å². The topological polar surface area (TPSA) is 44.4 Å². The summed E-state index contributed by atoms with van der Waals surface area (Å²) in [5, 5.41) is 10.7. The van der Waals surface area contributed by atoms with Crippen LogP contribution in [0.5, 0.6) is 0 Å². The van der Waals surface area contributed by atoms with Crippen molar-refractivity contribution in [2.45, 2.75) is 13.0 Å². The Bertz CT molecular complexity index is 505. The molecule has 2 rings (SSSR count). The minimum atomic E-state index is -0.167. The maximum atomic E-state index is 12.3. The average molecular weight is 281 g/mol. The molecule has 0 bridgehead atoms. The molecule has 6 heteroatoms. The maximum absolute atomic E-state index is 12.3. The summed E-state index contributed by atoms with van der Waals surface area (Å²) < 4.78 is 0. The Kier molecular flexibility index (Phi) is 3.68. The second-order valence-corrected chi connectivity index (χ2v) is 5.51. The van der Waals surface area contributed by atoms with Crippen molar-refractivity contribution in [1.29, 1.82) is 0 Å². The van der Waals surface area contributed by atoms with Crippen LogP contribution in [0.3, 0.4) is 0 Å². The Morgan fingerprint density at radius 2 is 2.22 bits per heavy atom. The highest BCUT2D eigenvalue weighted by atomic mass is 32.1. The number of carbonyl (C=O) groups excluding carboxylic acids is 1. The van der Waals surface area contributed by atoms with Crippen molar-refractivity contribution in [2.75, 3.05) is 14.1 Å². The van der Waals surface area contributed by atoms with Crippen LogP contribution in [0, 0.1) is 0 Å². The number of amides is 1. The third-order valence-electron chi connectivity index (χ3n) is 2.78. The Balaban J connectivity index is 2.45. The van der Waals surface area contributed by atoms with Crippen LogP contribution in [-0.4, -0.2) is 30.0 Å². The second kappa shape index (κ2) is 5.07. The fourth-order valence-electron chi connectivity index (χ4n) is 1.91. The predicted molar refractivity (Wildman–Crippen MR) is 77.3 cm³/mol. The van der Waals surface area contributed by atoms with E-state index in [-0.39, 0.29) is 11.9 Å². The van der Waals surface area contributed by atoms with Crippen LogP contribution in [0.15, 0.2) is 28.1 Å². The lowest BCUT2D eigenvalue weighted by Crippen LogP contribution is -2.46. The van der Waals surface area contributed by atoms with Crippen molar-refractivity contribution in [1.82, 2.24) is 15.5 Å². The molecule has 1 aliphatic heterocycles. The zero-order chi connectivity index (χ0) is 13.3. The highest BCUT2D eigenvalue weighted by molar-refractivity contribution is 7.80. The quantitative estimate of drug-likeness (QED) is 0.809. The standard InChI is InChI=1S/C12H15N3OS2/c1-7-9(11(16)15(2)3)10(14-12(17)13-7)8-4-5-18-6-8/h4-6,10H,1-3H3,(H2,13,14,17). The minimum Gasteiger partial charge on any atom is -0.351 e. The van der Waals surface area contributed by atoms with Crippen LogP contribution in [-0.2, 0) is 4.79 Å². The van der Waals surface area contributed by atoms with Gasteiger partial charge in [0.05, 0.1) is 11.6 Å². The molecule has 2 N–H and O–H groups in total. The van der Waals surface area contributed by atoms with Crippen LogP contribution < -0.4 is 10.6 Å². The van der Waals surface area contributed by atoms with Gasteiger partial charge in [0.2, 0.25) is 0 Å². The van der Waals surface area contributed by atoms with Crippen molar-refractivity contribution >= 4 is 34.6 Å². The molecule has 4 nitrogen and oxygen atoms in total. The first-order valence-electron chi connectivity index (χ1n) is 5.52. The SMILES string of the molecule is CC1=C(C(=O)N(C)C)C(c2ccsc2)NC(=S)N1. The van der Waals surface area contributed by atoms with Gasteiger partial charge >= 0.3 is 0 Å². The van der Waals surface area contributed by atoms with Gasteiger partial charge in [0, 0.05) is 19.8 Å². The van der Waals surface area contributed by atoms with Crippen molar-refractivity contribution < 1.29 is 4.79 Å². The van der Waals surface area contributed by atoms with E-state index in [2.05, 4.69) is 10.6 Å². The molecular weight excluding hydrogens is 266 g/mol. The number of nitrogens with one attached hydrogen (secondary N) is 2. The summed E-state index contributed by atoms with van der Waals surface area (Å²) in [4.78, 5) is 13.8. The van der Waals surface area contributed by atoms with E-state index in [1.165, 1.54) is 0 Å². The lowest BCUT2D eigenvalue weighted by atomic mass is 9.97. The molecule has 1 unspecified atom stereocenters. The molecule has 96 valence electrons. The van der Waals surface area contributed by atoms with Crippen LogP contribution in [0.1, 0.15) is 18.5 Å². The molecule has 1 aromatic rings. The van der Waals surface area contributed by atoms with Crippen LogP contribution >= 0.6 is 23.6 Å². The normalized spacial score (nSPS) is 19.3. The highest BCUT2D eigenvalue weighted by Crippen LogP contribution is 2.28. The molecule has 0 saturated carbocycles. The average Bonchev–Trinajstić information content (AvgIpc) is 2.80. The Morgan fingerprint density at radius 3 is 2.78 bits per heavy atom. The lowest BCUT2D eigenvalue weighted by Gasteiger charge is -2.31. The molecule has 1 amide bonds. The summed E-state index contributed by atoms with van der Waals surface area (Å²) in [5.41, 5.74) is 2.59. The maximum Gasteiger partial charge on any atom is 0.253 e. The summed E-state index contributed by atoms with van der Waals surface area (Å²) in [6, 6.07) is 1.84. The second-order valence-electron chi connectivity index (χ2n) is 4.33. The molecule has 1 aromatic heterocycles. The van der Waals surface area contributed by atoms with E-state index in [0.717, 1.165) is 11.3 Å². The highest BCUT2D eigenvalue weighted by Gasteiger charge is 2.30. The monoisotopic (exact) mass is 281 g/mol. The predicted octanol–water partition coefficient (Wildman–Crippen LogP) is 1.63. The van der Waals surface area contributed by atoms with Gasteiger partial charge in [-0.15, -0.1) is 0 Å². The molecule has 0 fully saturated rings. The summed E-state index contributed by atoms with van der Waals surface area (Å²) in [6.45, 7) is 1.88. The molecule has 1 atom stereocenters. The third kappa shape index (κ3) is 2.39. The minimum absolute atomic E-state index is 0.00815. The van der Waals surface area contributed by atoms with Gasteiger partial charge in [0.1, 0.15) is 0 Å². The van der Waals surface area contributed by atoms with Crippen LogP contribution in [0.2, 0.25) is 0 Å². The largest absolute Gasteiger partial charge is 0.351 e. The fourth-order valence-corrected chi connectivity index (χ4v) is 2.86. The van der Waals surface area contributed by atoms with E-state index in [0.29, 0.717) is 10.7 Å².